The number of ether oxygens (including phenoxy) is 2. The Hall–Kier alpha value is -2.32. The van der Waals surface area contributed by atoms with Gasteiger partial charge in [-0.05, 0) is 42.3 Å². The van der Waals surface area contributed by atoms with Crippen molar-refractivity contribution < 1.29 is 14.3 Å². The molecule has 2 heterocycles. The zero-order chi connectivity index (χ0) is 20.5. The summed E-state index contributed by atoms with van der Waals surface area (Å²) >= 11 is 4.69. The van der Waals surface area contributed by atoms with Gasteiger partial charge >= 0.3 is 0 Å². The molecule has 8 heteroatoms. The molecule has 3 aromatic rings. The lowest BCUT2D eigenvalue weighted by Gasteiger charge is -2.15. The number of nitrogens with zero attached hydrogens (tertiary/aromatic N) is 2. The highest BCUT2D eigenvalue weighted by atomic mass is 79.9. The zero-order valence-corrected chi connectivity index (χ0v) is 18.4. The van der Waals surface area contributed by atoms with E-state index in [0.29, 0.717) is 39.7 Å². The third-order valence-corrected chi connectivity index (χ3v) is 5.93. The van der Waals surface area contributed by atoms with Crippen LogP contribution in [0.15, 0.2) is 50.8 Å². The van der Waals surface area contributed by atoms with Crippen LogP contribution in [0.1, 0.15) is 24.2 Å². The molecule has 0 atom stereocenters. The van der Waals surface area contributed by atoms with Crippen LogP contribution in [0.25, 0.3) is 10.9 Å². The van der Waals surface area contributed by atoms with E-state index in [4.69, 9.17) is 9.47 Å². The molecule has 0 aliphatic carbocycles. The van der Waals surface area contributed by atoms with Gasteiger partial charge in [0.1, 0.15) is 0 Å². The summed E-state index contributed by atoms with van der Waals surface area (Å²) in [4.78, 5) is 30.4. The second-order valence-electron chi connectivity index (χ2n) is 7.15. The molecule has 1 aliphatic heterocycles. The molecular formula is C21H19BrN2O4S. The summed E-state index contributed by atoms with van der Waals surface area (Å²) in [5.41, 5.74) is 1.07. The van der Waals surface area contributed by atoms with Crippen molar-refractivity contribution in [1.29, 1.82) is 0 Å². The van der Waals surface area contributed by atoms with Crippen molar-refractivity contribution >= 4 is 44.4 Å². The van der Waals surface area contributed by atoms with Gasteiger partial charge in [0.15, 0.2) is 22.4 Å². The molecule has 0 N–H and O–H groups in total. The third-order valence-electron chi connectivity index (χ3n) is 4.46. The number of halogens is 1. The molecule has 0 unspecified atom stereocenters. The predicted molar refractivity (Wildman–Crippen MR) is 116 cm³/mol. The summed E-state index contributed by atoms with van der Waals surface area (Å²) in [6, 6.07) is 10.6. The van der Waals surface area contributed by atoms with E-state index in [1.54, 1.807) is 28.8 Å². The van der Waals surface area contributed by atoms with Crippen LogP contribution in [0.3, 0.4) is 0 Å². The van der Waals surface area contributed by atoms with Crippen LogP contribution in [-0.2, 0) is 6.54 Å². The maximum Gasteiger partial charge on any atom is 0.262 e. The number of benzene rings is 2. The molecule has 1 aromatic heterocycles. The van der Waals surface area contributed by atoms with Crippen molar-refractivity contribution in [1.82, 2.24) is 9.55 Å². The molecule has 0 amide bonds. The van der Waals surface area contributed by atoms with Gasteiger partial charge in [-0.2, -0.15) is 0 Å². The summed E-state index contributed by atoms with van der Waals surface area (Å²) in [5, 5.41) is 1.11. The number of Topliss-reactive ketones (excluding diaryl/α,β-unsaturated/α-hetero) is 1. The highest BCUT2D eigenvalue weighted by Crippen LogP contribution is 2.33. The first-order valence-electron chi connectivity index (χ1n) is 9.18. The molecule has 0 saturated carbocycles. The van der Waals surface area contributed by atoms with Crippen LogP contribution in [0, 0.1) is 5.92 Å². The summed E-state index contributed by atoms with van der Waals surface area (Å²) in [6.45, 7) is 4.79. The van der Waals surface area contributed by atoms with Gasteiger partial charge in [-0.1, -0.05) is 41.5 Å². The molecule has 150 valence electrons. The van der Waals surface area contributed by atoms with Crippen LogP contribution >= 0.6 is 27.7 Å². The second kappa shape index (κ2) is 8.20. The molecule has 0 saturated heterocycles. The first-order chi connectivity index (χ1) is 13.9. The fourth-order valence-electron chi connectivity index (χ4n) is 3.09. The van der Waals surface area contributed by atoms with Gasteiger partial charge in [0.2, 0.25) is 6.79 Å². The molecule has 1 aliphatic rings. The fraction of sp³-hybridized carbons (Fsp3) is 0.286. The van der Waals surface area contributed by atoms with E-state index >= 15 is 0 Å². The van der Waals surface area contributed by atoms with Crippen molar-refractivity contribution in [2.75, 3.05) is 12.5 Å². The minimum atomic E-state index is -0.0944. The Labute approximate surface area is 180 Å². The van der Waals surface area contributed by atoms with E-state index in [1.165, 1.54) is 11.8 Å². The maximum absolute atomic E-state index is 13.1. The van der Waals surface area contributed by atoms with Crippen LogP contribution in [0.2, 0.25) is 0 Å². The number of ketones is 1. The minimum Gasteiger partial charge on any atom is -0.454 e. The number of thioether (sulfide) groups is 1. The smallest absolute Gasteiger partial charge is 0.262 e. The molecule has 2 aromatic carbocycles. The standard InChI is InChI=1S/C21H19BrN2O4S/c1-12(2)9-24-20(26)15-8-14(22)4-5-16(15)23-21(24)29-10-17(25)13-3-6-18-19(7-13)28-11-27-18/h3-8,12H,9-11H2,1-2H3. The topological polar surface area (TPSA) is 70.4 Å². The van der Waals surface area contributed by atoms with Gasteiger partial charge in [-0.3, -0.25) is 14.2 Å². The normalized spacial score (nSPS) is 12.7. The number of hydrogen-bond acceptors (Lipinski definition) is 6. The quantitative estimate of drug-likeness (QED) is 0.297. The van der Waals surface area contributed by atoms with Crippen molar-refractivity contribution in [3.63, 3.8) is 0 Å². The summed E-state index contributed by atoms with van der Waals surface area (Å²) < 4.78 is 13.1. The maximum atomic E-state index is 13.1. The molecule has 4 rings (SSSR count). The molecule has 29 heavy (non-hydrogen) atoms. The van der Waals surface area contributed by atoms with Crippen LogP contribution in [0.5, 0.6) is 11.5 Å². The molecule has 0 radical (unpaired) electrons. The van der Waals surface area contributed by atoms with Crippen molar-refractivity contribution in [2.45, 2.75) is 25.5 Å². The van der Waals surface area contributed by atoms with Gasteiger partial charge in [0.05, 0.1) is 16.7 Å². The van der Waals surface area contributed by atoms with Crippen LogP contribution in [-0.4, -0.2) is 27.9 Å². The number of fused-ring (bicyclic) bond motifs is 2. The van der Waals surface area contributed by atoms with E-state index in [2.05, 4.69) is 20.9 Å². The average Bonchev–Trinajstić information content (AvgIpc) is 3.16. The molecule has 0 spiro atoms. The van der Waals surface area contributed by atoms with E-state index in [9.17, 15) is 9.59 Å². The van der Waals surface area contributed by atoms with Gasteiger partial charge in [-0.25, -0.2) is 4.98 Å². The largest absolute Gasteiger partial charge is 0.454 e. The Morgan fingerprint density at radius 1 is 1.21 bits per heavy atom. The Kier molecular flexibility index (Phi) is 5.65. The molecule has 0 fully saturated rings. The number of aromatic nitrogens is 2. The van der Waals surface area contributed by atoms with E-state index < -0.39 is 0 Å². The van der Waals surface area contributed by atoms with Crippen molar-refractivity contribution in [3.8, 4) is 11.5 Å². The first kappa shape index (κ1) is 20.0. The SMILES string of the molecule is CC(C)Cn1c(SCC(=O)c2ccc3c(c2)OCO3)nc2ccc(Br)cc2c1=O. The zero-order valence-electron chi connectivity index (χ0n) is 16.0. The monoisotopic (exact) mass is 474 g/mol. The first-order valence-corrected chi connectivity index (χ1v) is 11.0. The third kappa shape index (κ3) is 4.18. The Balaban J connectivity index is 1.63. The van der Waals surface area contributed by atoms with Crippen LogP contribution < -0.4 is 15.0 Å². The number of rotatable bonds is 6. The molecule has 6 nitrogen and oxygen atoms in total. The van der Waals surface area contributed by atoms with E-state index in [0.717, 1.165) is 4.47 Å². The average molecular weight is 475 g/mol. The Morgan fingerprint density at radius 3 is 2.79 bits per heavy atom. The van der Waals surface area contributed by atoms with Crippen molar-refractivity contribution in [3.05, 3.63) is 56.8 Å². The van der Waals surface area contributed by atoms with Gasteiger partial charge in [-0.15, -0.1) is 0 Å². The molecule has 0 bridgehead atoms. The number of carbonyl (C=O) groups excluding carboxylic acids is 1. The summed E-state index contributed by atoms with van der Waals surface area (Å²) in [6.07, 6.45) is 0. The van der Waals surface area contributed by atoms with Gasteiger partial charge in [0, 0.05) is 16.6 Å². The summed E-state index contributed by atoms with van der Waals surface area (Å²) in [5.74, 6) is 1.60. The fourth-order valence-corrected chi connectivity index (χ4v) is 4.36. The van der Waals surface area contributed by atoms with Gasteiger partial charge < -0.3 is 9.47 Å². The van der Waals surface area contributed by atoms with Gasteiger partial charge in [0.25, 0.3) is 5.56 Å². The summed E-state index contributed by atoms with van der Waals surface area (Å²) in [7, 11) is 0. The lowest BCUT2D eigenvalue weighted by molar-refractivity contribution is 0.102. The Morgan fingerprint density at radius 2 is 2.00 bits per heavy atom. The predicted octanol–water partition coefficient (Wildman–Crippen LogP) is 4.52. The second-order valence-corrected chi connectivity index (χ2v) is 9.00. The number of carbonyl (C=O) groups is 1. The van der Waals surface area contributed by atoms with E-state index in [-0.39, 0.29) is 29.8 Å². The van der Waals surface area contributed by atoms with Crippen LogP contribution in [0.4, 0.5) is 0 Å². The van der Waals surface area contributed by atoms with E-state index in [1.807, 2.05) is 26.0 Å². The number of hydrogen-bond donors (Lipinski definition) is 0. The Bertz CT molecular complexity index is 1160. The highest BCUT2D eigenvalue weighted by molar-refractivity contribution is 9.10. The lowest BCUT2D eigenvalue weighted by atomic mass is 10.1. The highest BCUT2D eigenvalue weighted by Gasteiger charge is 2.18. The lowest BCUT2D eigenvalue weighted by Crippen LogP contribution is -2.25. The molecular weight excluding hydrogens is 456 g/mol. The van der Waals surface area contributed by atoms with Crippen molar-refractivity contribution in [2.24, 2.45) is 5.92 Å². The minimum absolute atomic E-state index is 0.0606.